The lowest BCUT2D eigenvalue weighted by Gasteiger charge is -2.21. The van der Waals surface area contributed by atoms with E-state index in [1.54, 1.807) is 6.92 Å². The van der Waals surface area contributed by atoms with Gasteiger partial charge in [-0.1, -0.05) is 30.3 Å². The standard InChI is InChI=1S/C26H28N2O3/c1-18(27)21-7-11-23(12-8-21)30-16-19-5-4-6-20(15-19)17-31-24-13-9-22(10-14-24)26(2,3)25(28)29/h4-15,27H,16-17H2,1-3H3,(H2,28,29). The molecule has 160 valence electrons. The molecule has 31 heavy (non-hydrogen) atoms. The van der Waals surface area contributed by atoms with Gasteiger partial charge in [0.2, 0.25) is 5.91 Å². The number of nitrogens with two attached hydrogens (primary N) is 1. The summed E-state index contributed by atoms with van der Waals surface area (Å²) in [7, 11) is 0. The second kappa shape index (κ2) is 9.47. The molecule has 0 saturated heterocycles. The van der Waals surface area contributed by atoms with Crippen LogP contribution in [0.5, 0.6) is 11.5 Å². The molecule has 0 radical (unpaired) electrons. The number of carbonyl (C=O) groups is 1. The van der Waals surface area contributed by atoms with Crippen LogP contribution in [-0.2, 0) is 23.4 Å². The lowest BCUT2D eigenvalue weighted by molar-refractivity contribution is -0.122. The highest BCUT2D eigenvalue weighted by Gasteiger charge is 2.27. The third kappa shape index (κ3) is 5.72. The van der Waals surface area contributed by atoms with Crippen molar-refractivity contribution in [3.05, 3.63) is 95.1 Å². The van der Waals surface area contributed by atoms with Crippen molar-refractivity contribution in [3.8, 4) is 11.5 Å². The normalized spacial score (nSPS) is 11.1. The second-order valence-electron chi connectivity index (χ2n) is 8.06. The molecule has 1 amide bonds. The highest BCUT2D eigenvalue weighted by atomic mass is 16.5. The molecule has 0 bridgehead atoms. The van der Waals surface area contributed by atoms with E-state index in [9.17, 15) is 4.79 Å². The smallest absolute Gasteiger partial charge is 0.227 e. The van der Waals surface area contributed by atoms with Crippen LogP contribution in [0, 0.1) is 5.41 Å². The first kappa shape index (κ1) is 22.1. The van der Waals surface area contributed by atoms with Crippen LogP contribution < -0.4 is 15.2 Å². The van der Waals surface area contributed by atoms with Crippen molar-refractivity contribution in [2.45, 2.75) is 39.4 Å². The maximum atomic E-state index is 11.6. The van der Waals surface area contributed by atoms with Gasteiger partial charge in [-0.3, -0.25) is 4.79 Å². The number of ether oxygens (including phenoxy) is 2. The predicted molar refractivity (Wildman–Crippen MR) is 123 cm³/mol. The van der Waals surface area contributed by atoms with Crippen LogP contribution in [0.2, 0.25) is 0 Å². The largest absolute Gasteiger partial charge is 0.489 e. The molecule has 0 fully saturated rings. The number of nitrogens with one attached hydrogen (secondary N) is 1. The number of hydrogen-bond acceptors (Lipinski definition) is 4. The van der Waals surface area contributed by atoms with Crippen molar-refractivity contribution in [1.29, 1.82) is 5.41 Å². The third-order valence-corrected chi connectivity index (χ3v) is 5.28. The topological polar surface area (TPSA) is 85.4 Å². The Morgan fingerprint density at radius 1 is 0.871 bits per heavy atom. The van der Waals surface area contributed by atoms with E-state index in [4.69, 9.17) is 20.6 Å². The zero-order valence-corrected chi connectivity index (χ0v) is 18.1. The molecule has 0 aliphatic carbocycles. The molecular weight excluding hydrogens is 388 g/mol. The Bertz CT molecular complexity index is 1050. The van der Waals surface area contributed by atoms with Gasteiger partial charge in [0.15, 0.2) is 0 Å². The molecular formula is C26H28N2O3. The SMILES string of the molecule is CC(=N)c1ccc(OCc2cccc(COc3ccc(C(C)(C)C(N)=O)cc3)c2)cc1. The van der Waals surface area contributed by atoms with Gasteiger partial charge in [0, 0.05) is 5.71 Å². The van der Waals surface area contributed by atoms with Crippen LogP contribution in [-0.4, -0.2) is 11.6 Å². The maximum absolute atomic E-state index is 11.6. The summed E-state index contributed by atoms with van der Waals surface area (Å²) in [4.78, 5) is 11.6. The first-order chi connectivity index (χ1) is 14.8. The molecule has 3 rings (SSSR count). The highest BCUT2D eigenvalue weighted by molar-refractivity contribution is 5.96. The van der Waals surface area contributed by atoms with E-state index in [0.29, 0.717) is 18.9 Å². The summed E-state index contributed by atoms with van der Waals surface area (Å²) in [5.74, 6) is 1.14. The Morgan fingerprint density at radius 2 is 1.35 bits per heavy atom. The molecule has 0 atom stereocenters. The van der Waals surface area contributed by atoms with Gasteiger partial charge in [0.05, 0.1) is 5.41 Å². The first-order valence-corrected chi connectivity index (χ1v) is 10.1. The van der Waals surface area contributed by atoms with Gasteiger partial charge in [-0.2, -0.15) is 0 Å². The molecule has 3 N–H and O–H groups in total. The number of hydrogen-bond donors (Lipinski definition) is 2. The summed E-state index contributed by atoms with van der Waals surface area (Å²) in [6, 6.07) is 23.0. The zero-order valence-electron chi connectivity index (χ0n) is 18.1. The summed E-state index contributed by atoms with van der Waals surface area (Å²) in [5.41, 5.74) is 9.13. The zero-order chi connectivity index (χ0) is 22.4. The van der Waals surface area contributed by atoms with Gasteiger partial charge in [0.1, 0.15) is 24.7 Å². The molecule has 0 heterocycles. The molecule has 0 aliphatic rings. The van der Waals surface area contributed by atoms with Gasteiger partial charge < -0.3 is 20.6 Å². The second-order valence-corrected chi connectivity index (χ2v) is 8.06. The van der Waals surface area contributed by atoms with Crippen molar-refractivity contribution >= 4 is 11.6 Å². The minimum absolute atomic E-state index is 0.360. The van der Waals surface area contributed by atoms with E-state index >= 15 is 0 Å². The fraction of sp³-hybridized carbons (Fsp3) is 0.231. The van der Waals surface area contributed by atoms with Gasteiger partial charge in [-0.15, -0.1) is 0 Å². The van der Waals surface area contributed by atoms with E-state index in [1.165, 1.54) is 0 Å². The van der Waals surface area contributed by atoms with Gasteiger partial charge in [-0.25, -0.2) is 0 Å². The minimum atomic E-state index is -0.717. The summed E-state index contributed by atoms with van der Waals surface area (Å²) < 4.78 is 11.8. The van der Waals surface area contributed by atoms with Crippen LogP contribution in [0.4, 0.5) is 0 Å². The predicted octanol–water partition coefficient (Wildman–Crippen LogP) is 5.00. The van der Waals surface area contributed by atoms with Crippen molar-refractivity contribution in [3.63, 3.8) is 0 Å². The highest BCUT2D eigenvalue weighted by Crippen LogP contribution is 2.25. The summed E-state index contributed by atoms with van der Waals surface area (Å²) in [5, 5.41) is 7.65. The van der Waals surface area contributed by atoms with E-state index in [0.717, 1.165) is 33.8 Å². The van der Waals surface area contributed by atoms with Crippen LogP contribution in [0.15, 0.2) is 72.8 Å². The van der Waals surface area contributed by atoms with Crippen molar-refractivity contribution in [2.24, 2.45) is 5.73 Å². The number of carbonyl (C=O) groups excluding carboxylic acids is 1. The Kier molecular flexibility index (Phi) is 6.75. The van der Waals surface area contributed by atoms with E-state index in [1.807, 2.05) is 80.6 Å². The Labute approximate surface area is 183 Å². The Balaban J connectivity index is 1.57. The van der Waals surface area contributed by atoms with E-state index < -0.39 is 5.41 Å². The average Bonchev–Trinajstić information content (AvgIpc) is 2.77. The van der Waals surface area contributed by atoms with E-state index in [2.05, 4.69) is 6.07 Å². The minimum Gasteiger partial charge on any atom is -0.489 e. The lowest BCUT2D eigenvalue weighted by atomic mass is 9.84. The summed E-state index contributed by atoms with van der Waals surface area (Å²) in [6.45, 7) is 6.26. The molecule has 5 nitrogen and oxygen atoms in total. The number of rotatable bonds is 9. The van der Waals surface area contributed by atoms with Crippen molar-refractivity contribution in [1.82, 2.24) is 0 Å². The molecule has 0 aliphatic heterocycles. The molecule has 3 aromatic rings. The fourth-order valence-electron chi connectivity index (χ4n) is 3.05. The number of amides is 1. The molecule has 0 aromatic heterocycles. The number of benzene rings is 3. The van der Waals surface area contributed by atoms with Crippen LogP contribution in [0.25, 0.3) is 0 Å². The third-order valence-electron chi connectivity index (χ3n) is 5.28. The monoisotopic (exact) mass is 416 g/mol. The fourth-order valence-corrected chi connectivity index (χ4v) is 3.05. The quantitative estimate of drug-likeness (QED) is 0.482. The Morgan fingerprint density at radius 3 is 1.81 bits per heavy atom. The van der Waals surface area contributed by atoms with Gasteiger partial charge >= 0.3 is 0 Å². The van der Waals surface area contributed by atoms with Crippen molar-refractivity contribution < 1.29 is 14.3 Å². The molecule has 0 unspecified atom stereocenters. The molecule has 0 saturated carbocycles. The Hall–Kier alpha value is -3.60. The van der Waals surface area contributed by atoms with Crippen molar-refractivity contribution in [2.75, 3.05) is 0 Å². The van der Waals surface area contributed by atoms with Gasteiger partial charge in [-0.05, 0) is 85.5 Å². The molecule has 0 spiro atoms. The van der Waals surface area contributed by atoms with Crippen LogP contribution in [0.1, 0.15) is 43.0 Å². The lowest BCUT2D eigenvalue weighted by Crippen LogP contribution is -2.35. The molecule has 3 aromatic carbocycles. The summed E-state index contributed by atoms with van der Waals surface area (Å²) in [6.07, 6.45) is 0. The molecule has 5 heteroatoms. The first-order valence-electron chi connectivity index (χ1n) is 10.1. The summed E-state index contributed by atoms with van der Waals surface area (Å²) >= 11 is 0. The van der Waals surface area contributed by atoms with E-state index in [-0.39, 0.29) is 5.91 Å². The maximum Gasteiger partial charge on any atom is 0.227 e. The average molecular weight is 417 g/mol. The van der Waals surface area contributed by atoms with Crippen LogP contribution >= 0.6 is 0 Å². The van der Waals surface area contributed by atoms with Crippen LogP contribution in [0.3, 0.4) is 0 Å². The van der Waals surface area contributed by atoms with Gasteiger partial charge in [0.25, 0.3) is 0 Å². The number of primary amides is 1.